The molecule has 1 rings (SSSR count). The maximum atomic E-state index is 12.2. The van der Waals surface area contributed by atoms with Crippen molar-refractivity contribution in [3.8, 4) is 0 Å². The van der Waals surface area contributed by atoms with E-state index in [-0.39, 0.29) is 5.69 Å². The third-order valence-corrected chi connectivity index (χ3v) is 1.44. The van der Waals surface area contributed by atoms with Gasteiger partial charge in [0.05, 0.1) is 17.5 Å². The summed E-state index contributed by atoms with van der Waals surface area (Å²) in [4.78, 5) is 3.52. The Kier molecular flexibility index (Phi) is 2.92. The second-order valence-electron chi connectivity index (χ2n) is 2.18. The molecule has 0 amide bonds. The van der Waals surface area contributed by atoms with E-state index < -0.39 is 11.7 Å². The molecule has 2 nitrogen and oxygen atoms in total. The van der Waals surface area contributed by atoms with Crippen LogP contribution in [-0.2, 0) is 6.18 Å². The van der Waals surface area contributed by atoms with Gasteiger partial charge in [-0.15, -0.1) is 0 Å². The van der Waals surface area contributed by atoms with Crippen LogP contribution in [0, 0.1) is 0 Å². The SMILES string of the molecule is FC(F)(F)c1cccnc1/C=N/S. The van der Waals surface area contributed by atoms with Crippen LogP contribution in [0.25, 0.3) is 0 Å². The van der Waals surface area contributed by atoms with Gasteiger partial charge < -0.3 is 0 Å². The van der Waals surface area contributed by atoms with Gasteiger partial charge in [-0.1, -0.05) is 0 Å². The fourth-order valence-corrected chi connectivity index (χ4v) is 0.924. The van der Waals surface area contributed by atoms with Crippen LogP contribution in [0.3, 0.4) is 0 Å². The predicted octanol–water partition coefficient (Wildman–Crippen LogP) is 2.36. The number of pyridine rings is 1. The van der Waals surface area contributed by atoms with Crippen molar-refractivity contribution in [1.29, 1.82) is 0 Å². The number of halogens is 3. The van der Waals surface area contributed by atoms with Crippen LogP contribution in [-0.4, -0.2) is 11.2 Å². The maximum absolute atomic E-state index is 12.2. The smallest absolute Gasteiger partial charge is 0.255 e. The van der Waals surface area contributed by atoms with Gasteiger partial charge in [-0.05, 0) is 24.9 Å². The standard InChI is InChI=1S/C7H5F3N2S/c8-7(9,10)5-2-1-3-11-6(5)4-12-13/h1-4,13H/b12-4+. The van der Waals surface area contributed by atoms with Crippen molar-refractivity contribution in [2.24, 2.45) is 4.40 Å². The highest BCUT2D eigenvalue weighted by Crippen LogP contribution is 2.30. The average molecular weight is 206 g/mol. The fourth-order valence-electron chi connectivity index (χ4n) is 0.815. The summed E-state index contributed by atoms with van der Waals surface area (Å²) in [5.74, 6) is 0. The molecule has 0 unspecified atom stereocenters. The third-order valence-electron chi connectivity index (χ3n) is 1.32. The van der Waals surface area contributed by atoms with E-state index >= 15 is 0 Å². The zero-order valence-corrected chi connectivity index (χ0v) is 7.18. The molecule has 1 aromatic rings. The van der Waals surface area contributed by atoms with Gasteiger partial charge in [-0.2, -0.15) is 13.2 Å². The molecule has 0 fully saturated rings. The van der Waals surface area contributed by atoms with E-state index in [1.807, 2.05) is 0 Å². The lowest BCUT2D eigenvalue weighted by Crippen LogP contribution is -2.09. The van der Waals surface area contributed by atoms with Crippen molar-refractivity contribution in [2.75, 3.05) is 0 Å². The molecule has 0 N–H and O–H groups in total. The van der Waals surface area contributed by atoms with Crippen LogP contribution in [0.4, 0.5) is 13.2 Å². The first-order valence-electron chi connectivity index (χ1n) is 3.25. The minimum atomic E-state index is -4.40. The number of alkyl halides is 3. The van der Waals surface area contributed by atoms with Gasteiger partial charge in [-0.3, -0.25) is 4.98 Å². The molecule has 0 radical (unpaired) electrons. The van der Waals surface area contributed by atoms with Crippen LogP contribution in [0.1, 0.15) is 11.3 Å². The number of thiol groups is 1. The van der Waals surface area contributed by atoms with Crippen LogP contribution >= 0.6 is 12.8 Å². The van der Waals surface area contributed by atoms with Crippen molar-refractivity contribution in [2.45, 2.75) is 6.18 Å². The van der Waals surface area contributed by atoms with Gasteiger partial charge in [-0.25, -0.2) is 4.40 Å². The van der Waals surface area contributed by atoms with E-state index in [9.17, 15) is 13.2 Å². The van der Waals surface area contributed by atoms with Crippen LogP contribution in [0.15, 0.2) is 22.7 Å². The van der Waals surface area contributed by atoms with Crippen molar-refractivity contribution in [3.63, 3.8) is 0 Å². The molecule has 0 aliphatic carbocycles. The lowest BCUT2D eigenvalue weighted by molar-refractivity contribution is -0.137. The zero-order chi connectivity index (χ0) is 9.90. The number of hydrogen-bond donors (Lipinski definition) is 1. The largest absolute Gasteiger partial charge is 0.418 e. The summed E-state index contributed by atoms with van der Waals surface area (Å²) < 4.78 is 39.9. The summed E-state index contributed by atoms with van der Waals surface area (Å²) in [5, 5.41) is 0. The summed E-state index contributed by atoms with van der Waals surface area (Å²) in [5.41, 5.74) is -1.04. The van der Waals surface area contributed by atoms with E-state index in [4.69, 9.17) is 0 Å². The third kappa shape index (κ3) is 2.45. The lowest BCUT2D eigenvalue weighted by atomic mass is 10.2. The molecular weight excluding hydrogens is 201 g/mol. The molecule has 1 aromatic heterocycles. The Morgan fingerprint density at radius 3 is 2.69 bits per heavy atom. The molecule has 0 spiro atoms. The first-order valence-corrected chi connectivity index (χ1v) is 3.65. The van der Waals surface area contributed by atoms with Gasteiger partial charge in [0.1, 0.15) is 0 Å². The topological polar surface area (TPSA) is 25.2 Å². The summed E-state index contributed by atoms with van der Waals surface area (Å²) in [6, 6.07) is 2.16. The minimum absolute atomic E-state index is 0.231. The normalized spacial score (nSPS) is 12.3. The monoisotopic (exact) mass is 206 g/mol. The molecule has 1 heterocycles. The number of aromatic nitrogens is 1. The second-order valence-corrected chi connectivity index (χ2v) is 2.41. The summed E-state index contributed by atoms with van der Waals surface area (Å²) in [6.45, 7) is 0. The number of rotatable bonds is 1. The average Bonchev–Trinajstić information content (AvgIpc) is 2.04. The molecule has 0 atom stereocenters. The van der Waals surface area contributed by atoms with Gasteiger partial charge in [0.15, 0.2) is 0 Å². The maximum Gasteiger partial charge on any atom is 0.418 e. The van der Waals surface area contributed by atoms with E-state index in [2.05, 4.69) is 22.2 Å². The van der Waals surface area contributed by atoms with Crippen LogP contribution < -0.4 is 0 Å². The highest BCUT2D eigenvalue weighted by Gasteiger charge is 2.33. The van der Waals surface area contributed by atoms with Crippen molar-refractivity contribution < 1.29 is 13.2 Å². The highest BCUT2D eigenvalue weighted by atomic mass is 32.1. The van der Waals surface area contributed by atoms with E-state index in [0.717, 1.165) is 12.3 Å². The zero-order valence-electron chi connectivity index (χ0n) is 6.28. The Hall–Kier alpha value is -1.04. The minimum Gasteiger partial charge on any atom is -0.255 e. The van der Waals surface area contributed by atoms with E-state index in [0.29, 0.717) is 0 Å². The van der Waals surface area contributed by atoms with Crippen molar-refractivity contribution in [3.05, 3.63) is 29.6 Å². The van der Waals surface area contributed by atoms with Crippen LogP contribution in [0.5, 0.6) is 0 Å². The second kappa shape index (κ2) is 3.78. The molecule has 6 heteroatoms. The fraction of sp³-hybridized carbons (Fsp3) is 0.143. The Morgan fingerprint density at radius 1 is 1.46 bits per heavy atom. The van der Waals surface area contributed by atoms with Gasteiger partial charge in [0.25, 0.3) is 0 Å². The number of hydrogen-bond acceptors (Lipinski definition) is 3. The summed E-state index contributed by atoms with van der Waals surface area (Å²) in [6.07, 6.45) is -2.19. The molecule has 0 aliphatic rings. The van der Waals surface area contributed by atoms with Gasteiger partial charge in [0.2, 0.25) is 0 Å². The molecule has 70 valence electrons. The first kappa shape index (κ1) is 10.0. The summed E-state index contributed by atoms with van der Waals surface area (Å²) in [7, 11) is 0. The Balaban J connectivity index is 3.20. The molecule has 13 heavy (non-hydrogen) atoms. The van der Waals surface area contributed by atoms with E-state index in [1.165, 1.54) is 12.3 Å². The van der Waals surface area contributed by atoms with E-state index in [1.54, 1.807) is 0 Å². The Labute approximate surface area is 78.1 Å². The molecule has 0 saturated heterocycles. The predicted molar refractivity (Wildman–Crippen MR) is 45.8 cm³/mol. The first-order chi connectivity index (χ1) is 6.05. The van der Waals surface area contributed by atoms with Crippen molar-refractivity contribution in [1.82, 2.24) is 4.98 Å². The molecule has 0 aromatic carbocycles. The van der Waals surface area contributed by atoms with Gasteiger partial charge >= 0.3 is 6.18 Å². The number of nitrogens with zero attached hydrogens (tertiary/aromatic N) is 2. The quantitative estimate of drug-likeness (QED) is 0.553. The van der Waals surface area contributed by atoms with Gasteiger partial charge in [0, 0.05) is 6.20 Å². The molecule has 0 aliphatic heterocycles. The highest BCUT2D eigenvalue weighted by molar-refractivity contribution is 7.78. The molecule has 0 bridgehead atoms. The molecule has 0 saturated carbocycles. The Morgan fingerprint density at radius 2 is 2.15 bits per heavy atom. The lowest BCUT2D eigenvalue weighted by Gasteiger charge is -2.07. The van der Waals surface area contributed by atoms with Crippen LogP contribution in [0.2, 0.25) is 0 Å². The summed E-state index contributed by atoms with van der Waals surface area (Å²) >= 11 is 3.44. The van der Waals surface area contributed by atoms with Crippen molar-refractivity contribution >= 4 is 19.0 Å². The molecular formula is C7H5F3N2S. The Bertz CT molecular complexity index is 322.